The Bertz CT molecular complexity index is 759. The molecule has 3 nitrogen and oxygen atoms in total. The van der Waals surface area contributed by atoms with Crippen molar-refractivity contribution in [1.82, 2.24) is 0 Å². The second-order valence-corrected chi connectivity index (χ2v) is 25.0. The molecule has 0 spiro atoms. The van der Waals surface area contributed by atoms with E-state index in [0.29, 0.717) is 44.7 Å². The maximum atomic E-state index is 10.2. The molecule has 0 bridgehead atoms. The van der Waals surface area contributed by atoms with Crippen LogP contribution in [0, 0.1) is 43.3 Å². The van der Waals surface area contributed by atoms with E-state index < -0.39 is 11.7 Å². The van der Waals surface area contributed by atoms with Crippen LogP contribution in [0.4, 0.5) is 0 Å². The van der Waals surface area contributed by atoms with E-state index in [1.165, 1.54) is 12.8 Å². The Balaban J connectivity index is -0.000000117. The minimum absolute atomic E-state index is 0.295. The van der Waals surface area contributed by atoms with Crippen LogP contribution < -0.4 is 0 Å². The van der Waals surface area contributed by atoms with Gasteiger partial charge in [-0.05, 0) is 70.5 Å². The Morgan fingerprint density at radius 1 is 0.580 bits per heavy atom. The molecule has 4 atom stereocenters. The first-order chi connectivity index (χ1) is 21.0. The molecule has 2 N–H and O–H groups in total. The van der Waals surface area contributed by atoms with E-state index in [1.54, 1.807) is 6.92 Å². The van der Waals surface area contributed by atoms with Gasteiger partial charge in [0.05, 0.1) is 23.9 Å². The zero-order valence-electron chi connectivity index (χ0n) is 41.1. The molecule has 0 aromatic rings. The summed E-state index contributed by atoms with van der Waals surface area (Å²) in [6, 6.07) is 0. The lowest BCUT2D eigenvalue weighted by Crippen LogP contribution is -2.55. The average Bonchev–Trinajstić information content (AvgIpc) is 3.45. The van der Waals surface area contributed by atoms with Crippen LogP contribution in [0.5, 0.6) is 0 Å². The van der Waals surface area contributed by atoms with Gasteiger partial charge in [-0.1, -0.05) is 212 Å². The summed E-state index contributed by atoms with van der Waals surface area (Å²) in [5.74, 6) is 0. The largest absolute Gasteiger partial charge is 0.390 e. The summed E-state index contributed by atoms with van der Waals surface area (Å²) in [6.07, 6.45) is 7.22. The van der Waals surface area contributed by atoms with E-state index >= 15 is 0 Å². The molecule has 1 heterocycles. The van der Waals surface area contributed by atoms with Gasteiger partial charge in [0.1, 0.15) is 0 Å². The third-order valence-corrected chi connectivity index (χ3v) is 6.10. The average molecular weight is 717 g/mol. The molecule has 0 radical (unpaired) electrons. The van der Waals surface area contributed by atoms with Crippen molar-refractivity contribution >= 4 is 0 Å². The normalized spacial score (nSPS) is 18.6. The fraction of sp³-hybridized carbons (Fsp3) is 0.957. The van der Waals surface area contributed by atoms with Gasteiger partial charge < -0.3 is 14.9 Å². The molecule has 3 heteroatoms. The summed E-state index contributed by atoms with van der Waals surface area (Å²) >= 11 is 0. The van der Waals surface area contributed by atoms with Crippen LogP contribution in [0.1, 0.15) is 227 Å². The number of rotatable bonds is 2. The maximum Gasteiger partial charge on any atom is 0.0930 e. The molecule has 1 rings (SSSR count). The molecule has 1 aliphatic rings. The summed E-state index contributed by atoms with van der Waals surface area (Å²) in [6.45, 7) is 65.9. The number of epoxide rings is 1. The van der Waals surface area contributed by atoms with Gasteiger partial charge in [0.25, 0.3) is 0 Å². The molecular formula is C47H104O3. The predicted molar refractivity (Wildman–Crippen MR) is 233 cm³/mol. The van der Waals surface area contributed by atoms with Gasteiger partial charge in [0, 0.05) is 0 Å². The molecule has 0 saturated carbocycles. The first kappa shape index (κ1) is 61.6. The molecule has 1 aliphatic heterocycles. The number of hydrogen-bond donors (Lipinski definition) is 2. The van der Waals surface area contributed by atoms with Crippen molar-refractivity contribution in [3.8, 4) is 0 Å². The van der Waals surface area contributed by atoms with Gasteiger partial charge in [-0.25, -0.2) is 0 Å². The van der Waals surface area contributed by atoms with E-state index in [1.807, 2.05) is 48.5 Å². The lowest BCUT2D eigenvalue weighted by Gasteiger charge is -2.45. The highest BCUT2D eigenvalue weighted by atomic mass is 16.6. The van der Waals surface area contributed by atoms with E-state index in [2.05, 4.69) is 171 Å². The summed E-state index contributed by atoms with van der Waals surface area (Å²) in [5, 5.41) is 20.2. The van der Waals surface area contributed by atoms with Gasteiger partial charge in [-0.15, -0.1) is 0 Å². The minimum atomic E-state index is -1.06. The van der Waals surface area contributed by atoms with Crippen molar-refractivity contribution < 1.29 is 14.9 Å². The zero-order chi connectivity index (χ0) is 42.8. The van der Waals surface area contributed by atoms with Crippen LogP contribution in [0.25, 0.3) is 0 Å². The highest BCUT2D eigenvalue weighted by Gasteiger charge is 2.46. The summed E-state index contributed by atoms with van der Waals surface area (Å²) < 4.78 is 5.28. The monoisotopic (exact) mass is 717 g/mol. The Labute approximate surface area is 321 Å². The van der Waals surface area contributed by atoms with Crippen LogP contribution >= 0.6 is 0 Å². The fourth-order valence-corrected chi connectivity index (χ4v) is 3.60. The number of aliphatic hydroxyl groups excluding tert-OH is 1. The Hall–Kier alpha value is -0.380. The summed E-state index contributed by atoms with van der Waals surface area (Å²) in [4.78, 5) is 0. The molecule has 0 aromatic heterocycles. The minimum Gasteiger partial charge on any atom is -0.390 e. The van der Waals surface area contributed by atoms with Gasteiger partial charge in [0.15, 0.2) is 0 Å². The first-order valence-electron chi connectivity index (χ1n) is 19.7. The van der Waals surface area contributed by atoms with Crippen LogP contribution in [-0.4, -0.2) is 34.1 Å². The van der Waals surface area contributed by atoms with Gasteiger partial charge in [-0.3, -0.25) is 0 Å². The van der Waals surface area contributed by atoms with E-state index in [-0.39, 0.29) is 10.8 Å². The Morgan fingerprint density at radius 2 is 0.840 bits per heavy atom. The third-order valence-electron chi connectivity index (χ3n) is 6.10. The van der Waals surface area contributed by atoms with Gasteiger partial charge in [0.2, 0.25) is 0 Å². The predicted octanol–water partition coefficient (Wildman–Crippen LogP) is 15.6. The van der Waals surface area contributed by atoms with Gasteiger partial charge >= 0.3 is 0 Å². The smallest absolute Gasteiger partial charge is 0.0930 e. The highest BCUT2D eigenvalue weighted by Crippen LogP contribution is 2.39. The summed E-state index contributed by atoms with van der Waals surface area (Å²) in [5.41, 5.74) is 1.10. The Morgan fingerprint density at radius 3 is 0.860 bits per heavy atom. The second-order valence-electron chi connectivity index (χ2n) is 25.0. The molecule has 310 valence electrons. The van der Waals surface area contributed by atoms with E-state index in [0.717, 1.165) is 0 Å². The highest BCUT2D eigenvalue weighted by molar-refractivity contribution is 4.97. The number of allylic oxidation sites excluding steroid dienone is 2. The molecule has 0 aromatic carbocycles. The number of hydrogen-bond acceptors (Lipinski definition) is 3. The lowest BCUT2D eigenvalue weighted by molar-refractivity contribution is -0.163. The molecule has 50 heavy (non-hydrogen) atoms. The van der Waals surface area contributed by atoms with Gasteiger partial charge in [-0.2, -0.15) is 0 Å². The summed E-state index contributed by atoms with van der Waals surface area (Å²) in [7, 11) is 0. The lowest BCUT2D eigenvalue weighted by atomic mass is 9.67. The maximum absolute atomic E-state index is 10.2. The van der Waals surface area contributed by atoms with Crippen LogP contribution in [0.15, 0.2) is 12.2 Å². The zero-order valence-corrected chi connectivity index (χ0v) is 41.1. The standard InChI is InChI=1S/C11H24O2.C7H14O.C7H16.C7H14.3C5H12/c1-9(2,3)8(12)11(7,13)10(4,5)6;1-5-6(8-5)7(2,3)4;2*1-5-6-7(2,3)4;3*1-5(2,3)4/h8,12-13H,1-7H3;5-6H,1-4H3;5-6H2,1-4H3;5-6H,1-4H3;3*1-4H3. The van der Waals surface area contributed by atoms with E-state index in [4.69, 9.17) is 4.74 Å². The van der Waals surface area contributed by atoms with E-state index in [9.17, 15) is 10.2 Å². The molecule has 0 aliphatic carbocycles. The molecular weight excluding hydrogens is 613 g/mol. The fourth-order valence-electron chi connectivity index (χ4n) is 3.60. The third kappa shape index (κ3) is 62.7. The second kappa shape index (κ2) is 24.1. The number of aliphatic hydroxyl groups is 2. The first-order valence-corrected chi connectivity index (χ1v) is 19.7. The molecule has 4 unspecified atom stereocenters. The molecule has 1 fully saturated rings. The van der Waals surface area contributed by atoms with Crippen molar-refractivity contribution in [3.05, 3.63) is 12.2 Å². The van der Waals surface area contributed by atoms with Crippen molar-refractivity contribution in [2.24, 2.45) is 43.3 Å². The van der Waals surface area contributed by atoms with Crippen LogP contribution in [0.3, 0.4) is 0 Å². The molecule has 0 amide bonds. The van der Waals surface area contributed by atoms with Crippen molar-refractivity contribution in [1.29, 1.82) is 0 Å². The quantitative estimate of drug-likeness (QED) is 0.221. The van der Waals surface area contributed by atoms with Crippen molar-refractivity contribution in [2.45, 2.75) is 251 Å². The SMILES string of the molecule is CC(C)(C)C.CC(C)(C)C.CC(C)(C)C.CC(C)(C)C(O)C(C)(O)C(C)(C)C.CC1OC1C(C)(C)C.CC=CC(C)(C)C.CCCC(C)(C)C. The Kier molecular flexibility index (Phi) is 29.7. The van der Waals surface area contributed by atoms with Crippen LogP contribution in [-0.2, 0) is 4.74 Å². The van der Waals surface area contributed by atoms with Crippen molar-refractivity contribution in [2.75, 3.05) is 0 Å². The number of ether oxygens (including phenoxy) is 1. The topological polar surface area (TPSA) is 53.0 Å². The molecule has 1 saturated heterocycles. The van der Waals surface area contributed by atoms with Crippen LogP contribution in [0.2, 0.25) is 0 Å². The van der Waals surface area contributed by atoms with Crippen molar-refractivity contribution in [3.63, 3.8) is 0 Å².